The maximum Gasteiger partial charge on any atom is 0.284 e. The number of carbonyl (C=O) groups excluding carboxylic acids is 2. The molecule has 130 valence electrons. The number of nitrogens with one attached hydrogen (secondary N) is 1. The average molecular weight is 341 g/mol. The predicted molar refractivity (Wildman–Crippen MR) is 91.9 cm³/mol. The number of hydrogen-bond donors (Lipinski definition) is 2. The highest BCUT2D eigenvalue weighted by atomic mass is 16.5. The fourth-order valence-corrected chi connectivity index (χ4v) is 2.94. The Kier molecular flexibility index (Phi) is 4.56. The number of hydrogen-bond acceptors (Lipinski definition) is 5. The molecule has 0 saturated carbocycles. The number of hydrazone groups is 1. The Morgan fingerprint density at radius 1 is 1.24 bits per heavy atom. The van der Waals surface area contributed by atoms with Crippen molar-refractivity contribution in [1.82, 2.24) is 5.43 Å². The first kappa shape index (κ1) is 16.8. The van der Waals surface area contributed by atoms with E-state index >= 15 is 0 Å². The van der Waals surface area contributed by atoms with Crippen molar-refractivity contribution in [3.8, 4) is 5.75 Å². The number of rotatable bonds is 4. The summed E-state index contributed by atoms with van der Waals surface area (Å²) in [7, 11) is 1.56. The monoisotopic (exact) mass is 341 g/mol. The Morgan fingerprint density at radius 2 is 1.96 bits per heavy atom. The zero-order valence-electron chi connectivity index (χ0n) is 14.1. The molecule has 0 fully saturated rings. The summed E-state index contributed by atoms with van der Waals surface area (Å²) in [6.45, 7) is 1.77. The molecule has 3 N–H and O–H groups in total. The summed E-state index contributed by atoms with van der Waals surface area (Å²) >= 11 is 0. The highest BCUT2D eigenvalue weighted by Crippen LogP contribution is 2.29. The van der Waals surface area contributed by atoms with Gasteiger partial charge in [-0.15, -0.1) is 0 Å². The second kappa shape index (κ2) is 6.80. The first-order chi connectivity index (χ1) is 12.0. The molecule has 1 aliphatic rings. The van der Waals surface area contributed by atoms with E-state index in [9.17, 15) is 9.59 Å². The van der Waals surface area contributed by atoms with E-state index < -0.39 is 5.91 Å². The number of primary amides is 1. The molecule has 7 nitrogen and oxygen atoms in total. The van der Waals surface area contributed by atoms with E-state index in [1.54, 1.807) is 38.3 Å². The van der Waals surface area contributed by atoms with Crippen LogP contribution < -0.4 is 15.9 Å². The number of nitrogens with two attached hydrogens (primary N) is 1. The Morgan fingerprint density at radius 3 is 2.60 bits per heavy atom. The van der Waals surface area contributed by atoms with Crippen LogP contribution in [-0.4, -0.2) is 24.6 Å². The number of nitrogens with zero attached hydrogens (tertiary/aromatic N) is 1. The van der Waals surface area contributed by atoms with Gasteiger partial charge in [-0.25, -0.2) is 5.43 Å². The molecule has 0 unspecified atom stereocenters. The number of ether oxygens (including phenoxy) is 1. The SMILES string of the molecule is COc1ccc(C(=O)N/N=C2\CCCc3oc(C(N)=O)c(C)c32)cc1. The van der Waals surface area contributed by atoms with Gasteiger partial charge in [-0.1, -0.05) is 0 Å². The molecule has 1 aliphatic carbocycles. The van der Waals surface area contributed by atoms with Gasteiger partial charge in [0.05, 0.1) is 12.8 Å². The number of benzene rings is 1. The zero-order chi connectivity index (χ0) is 18.0. The lowest BCUT2D eigenvalue weighted by Gasteiger charge is -2.13. The molecule has 0 atom stereocenters. The van der Waals surface area contributed by atoms with Gasteiger partial charge in [-0.05, 0) is 44.0 Å². The molecule has 1 aromatic carbocycles. The molecule has 0 bridgehead atoms. The molecular weight excluding hydrogens is 322 g/mol. The molecule has 0 spiro atoms. The molecule has 7 heteroatoms. The van der Waals surface area contributed by atoms with E-state index in [2.05, 4.69) is 10.5 Å². The smallest absolute Gasteiger partial charge is 0.284 e. The summed E-state index contributed by atoms with van der Waals surface area (Å²) < 4.78 is 10.6. The van der Waals surface area contributed by atoms with Crippen LogP contribution >= 0.6 is 0 Å². The average Bonchev–Trinajstić information content (AvgIpc) is 2.97. The standard InChI is InChI=1S/C18H19N3O4/c1-10-15-13(4-3-5-14(15)25-16(10)17(19)22)20-21-18(23)11-6-8-12(24-2)9-7-11/h6-9H,3-5H2,1-2H3,(H2,19,22)(H,21,23)/b20-13+. The lowest BCUT2D eigenvalue weighted by Crippen LogP contribution is -2.22. The van der Waals surface area contributed by atoms with E-state index in [1.807, 2.05) is 0 Å². The van der Waals surface area contributed by atoms with Crippen molar-refractivity contribution >= 4 is 17.5 Å². The highest BCUT2D eigenvalue weighted by molar-refractivity contribution is 6.07. The van der Waals surface area contributed by atoms with Gasteiger partial charge in [0.25, 0.3) is 11.8 Å². The molecule has 0 radical (unpaired) electrons. The van der Waals surface area contributed by atoms with Gasteiger partial charge in [0.1, 0.15) is 11.5 Å². The summed E-state index contributed by atoms with van der Waals surface area (Å²) in [5.74, 6) is 0.593. The third-order valence-corrected chi connectivity index (χ3v) is 4.19. The van der Waals surface area contributed by atoms with Crippen LogP contribution in [0.5, 0.6) is 5.75 Å². The molecule has 0 aliphatic heterocycles. The third-order valence-electron chi connectivity index (χ3n) is 4.19. The van der Waals surface area contributed by atoms with E-state index in [1.165, 1.54) is 0 Å². The van der Waals surface area contributed by atoms with Gasteiger partial charge in [0.2, 0.25) is 0 Å². The van der Waals surface area contributed by atoms with Gasteiger partial charge < -0.3 is 14.9 Å². The summed E-state index contributed by atoms with van der Waals surface area (Å²) in [6.07, 6.45) is 2.23. The fourth-order valence-electron chi connectivity index (χ4n) is 2.94. The molecule has 1 aromatic heterocycles. The molecular formula is C18H19N3O4. The van der Waals surface area contributed by atoms with Crippen LogP contribution in [0, 0.1) is 6.92 Å². The first-order valence-electron chi connectivity index (χ1n) is 7.94. The van der Waals surface area contributed by atoms with Gasteiger partial charge in [0, 0.05) is 23.1 Å². The number of fused-ring (bicyclic) bond motifs is 1. The van der Waals surface area contributed by atoms with Crippen molar-refractivity contribution in [2.75, 3.05) is 7.11 Å². The summed E-state index contributed by atoms with van der Waals surface area (Å²) in [5, 5.41) is 4.25. The lowest BCUT2D eigenvalue weighted by atomic mass is 9.93. The number of carbonyl (C=O) groups is 2. The largest absolute Gasteiger partial charge is 0.497 e. The first-order valence-corrected chi connectivity index (χ1v) is 7.94. The number of amides is 2. The van der Waals surface area contributed by atoms with E-state index in [0.29, 0.717) is 34.8 Å². The fraction of sp³-hybridized carbons (Fsp3) is 0.278. The van der Waals surface area contributed by atoms with Gasteiger partial charge >= 0.3 is 0 Å². The van der Waals surface area contributed by atoms with E-state index in [4.69, 9.17) is 14.9 Å². The second-order valence-electron chi connectivity index (χ2n) is 5.80. The van der Waals surface area contributed by atoms with Gasteiger partial charge in [0.15, 0.2) is 5.76 Å². The summed E-state index contributed by atoms with van der Waals surface area (Å²) in [6, 6.07) is 6.74. The van der Waals surface area contributed by atoms with Crippen LogP contribution in [0.4, 0.5) is 0 Å². The van der Waals surface area contributed by atoms with Crippen molar-refractivity contribution in [2.45, 2.75) is 26.2 Å². The molecule has 0 saturated heterocycles. The molecule has 2 amide bonds. The maximum absolute atomic E-state index is 12.2. The minimum Gasteiger partial charge on any atom is -0.497 e. The molecule has 2 aromatic rings. The zero-order valence-corrected chi connectivity index (χ0v) is 14.1. The van der Waals surface area contributed by atoms with Crippen LogP contribution in [0.25, 0.3) is 0 Å². The molecule has 25 heavy (non-hydrogen) atoms. The van der Waals surface area contributed by atoms with Crippen molar-refractivity contribution in [3.63, 3.8) is 0 Å². The minimum atomic E-state index is -0.603. The van der Waals surface area contributed by atoms with Crippen molar-refractivity contribution < 1.29 is 18.7 Å². The van der Waals surface area contributed by atoms with Crippen molar-refractivity contribution in [2.24, 2.45) is 10.8 Å². The van der Waals surface area contributed by atoms with Crippen LogP contribution in [0.1, 0.15) is 50.6 Å². The second-order valence-corrected chi connectivity index (χ2v) is 5.80. The summed E-state index contributed by atoms with van der Waals surface area (Å²) in [4.78, 5) is 23.7. The van der Waals surface area contributed by atoms with Crippen molar-refractivity contribution in [1.29, 1.82) is 0 Å². The number of furan rings is 1. The minimum absolute atomic E-state index is 0.154. The molecule has 1 heterocycles. The van der Waals surface area contributed by atoms with E-state index in [0.717, 1.165) is 18.4 Å². The molecule has 3 rings (SSSR count). The summed E-state index contributed by atoms with van der Waals surface area (Å²) in [5.41, 5.74) is 10.5. The third kappa shape index (κ3) is 3.26. The van der Waals surface area contributed by atoms with Crippen LogP contribution in [0.3, 0.4) is 0 Å². The highest BCUT2D eigenvalue weighted by Gasteiger charge is 2.27. The Labute approximate surface area is 144 Å². The Hall–Kier alpha value is -3.09. The Balaban J connectivity index is 1.83. The van der Waals surface area contributed by atoms with Crippen LogP contribution in [-0.2, 0) is 6.42 Å². The maximum atomic E-state index is 12.2. The van der Waals surface area contributed by atoms with Crippen LogP contribution in [0.15, 0.2) is 33.8 Å². The van der Waals surface area contributed by atoms with Crippen molar-refractivity contribution in [3.05, 3.63) is 52.5 Å². The van der Waals surface area contributed by atoms with Gasteiger partial charge in [-0.2, -0.15) is 5.10 Å². The van der Waals surface area contributed by atoms with Crippen LogP contribution in [0.2, 0.25) is 0 Å². The predicted octanol–water partition coefficient (Wildman–Crippen LogP) is 2.17. The normalized spacial score (nSPS) is 14.9. The number of aryl methyl sites for hydroxylation is 1. The van der Waals surface area contributed by atoms with Gasteiger partial charge in [-0.3, -0.25) is 9.59 Å². The Bertz CT molecular complexity index is 850. The number of methoxy groups -OCH3 is 1. The van der Waals surface area contributed by atoms with E-state index in [-0.39, 0.29) is 11.7 Å². The quantitative estimate of drug-likeness (QED) is 0.831. The topological polar surface area (TPSA) is 107 Å². The lowest BCUT2D eigenvalue weighted by molar-refractivity contribution is 0.0951.